The first-order valence-corrected chi connectivity index (χ1v) is 18.6. The highest BCUT2D eigenvalue weighted by molar-refractivity contribution is 6.07. The predicted molar refractivity (Wildman–Crippen MR) is 187 cm³/mol. The van der Waals surface area contributed by atoms with Crippen LogP contribution in [0.15, 0.2) is 29.8 Å². The van der Waals surface area contributed by atoms with E-state index in [0.717, 1.165) is 53.8 Å². The first-order valence-electron chi connectivity index (χ1n) is 18.6. The first-order chi connectivity index (χ1) is 21.1. The van der Waals surface area contributed by atoms with Crippen LogP contribution in [-0.2, 0) is 9.53 Å². The van der Waals surface area contributed by atoms with Crippen LogP contribution < -0.4 is 4.74 Å². The number of ketones is 1. The average molecular weight is 611 g/mol. The average Bonchev–Trinajstić information content (AvgIpc) is 2.97. The van der Waals surface area contributed by atoms with Crippen LogP contribution in [0.5, 0.6) is 5.75 Å². The Labute approximate surface area is 271 Å². The van der Waals surface area contributed by atoms with Gasteiger partial charge in [0.1, 0.15) is 11.4 Å². The Bertz CT molecular complexity index is 994. The maximum absolute atomic E-state index is 13.1. The molecule has 0 aromatic heterocycles. The Kier molecular flexibility index (Phi) is 15.5. The maximum atomic E-state index is 13.1. The van der Waals surface area contributed by atoms with E-state index in [9.17, 15) is 4.79 Å². The van der Waals surface area contributed by atoms with Gasteiger partial charge < -0.3 is 14.0 Å². The smallest absolute Gasteiger partial charge is 0.190 e. The van der Waals surface area contributed by atoms with Crippen LogP contribution in [0.2, 0.25) is 0 Å². The van der Waals surface area contributed by atoms with Crippen LogP contribution in [0.4, 0.5) is 0 Å². The molecule has 250 valence electrons. The highest BCUT2D eigenvalue weighted by Crippen LogP contribution is 2.50. The van der Waals surface area contributed by atoms with Crippen LogP contribution >= 0.6 is 0 Å². The third kappa shape index (κ3) is 12.3. The molecule has 44 heavy (non-hydrogen) atoms. The topological polar surface area (TPSA) is 35.5 Å². The molecule has 2 atom stereocenters. The summed E-state index contributed by atoms with van der Waals surface area (Å²) in [4.78, 5) is 13.1. The lowest BCUT2D eigenvalue weighted by Gasteiger charge is -2.53. The Morgan fingerprint density at radius 3 is 1.80 bits per heavy atom. The van der Waals surface area contributed by atoms with Crippen LogP contribution in [0.1, 0.15) is 155 Å². The van der Waals surface area contributed by atoms with Gasteiger partial charge in [0.2, 0.25) is 0 Å². The van der Waals surface area contributed by atoms with Gasteiger partial charge in [-0.3, -0.25) is 4.79 Å². The number of ether oxygens (including phenoxy) is 2. The molecule has 2 saturated heterocycles. The van der Waals surface area contributed by atoms with Gasteiger partial charge in [0, 0.05) is 17.9 Å². The Morgan fingerprint density at radius 1 is 0.773 bits per heavy atom. The summed E-state index contributed by atoms with van der Waals surface area (Å²) in [7, 11) is 4.72. The second-order valence-corrected chi connectivity index (χ2v) is 15.4. The van der Waals surface area contributed by atoms with Gasteiger partial charge in [-0.25, -0.2) is 0 Å². The van der Waals surface area contributed by atoms with Gasteiger partial charge in [-0.15, -0.1) is 0 Å². The fourth-order valence-electron chi connectivity index (χ4n) is 7.51. The van der Waals surface area contributed by atoms with Crippen LogP contribution in [0.25, 0.3) is 6.08 Å². The van der Waals surface area contributed by atoms with E-state index in [-0.39, 0.29) is 17.3 Å². The molecule has 0 spiro atoms. The number of fused-ring (bicyclic) bond motifs is 3. The molecule has 3 fully saturated rings. The molecule has 1 aromatic rings. The highest BCUT2D eigenvalue weighted by Gasteiger charge is 2.56. The van der Waals surface area contributed by atoms with E-state index in [1.165, 1.54) is 109 Å². The largest absolute Gasteiger partial charge is 0.493 e. The summed E-state index contributed by atoms with van der Waals surface area (Å²) in [5.74, 6) is 1.23. The fourth-order valence-corrected chi connectivity index (χ4v) is 7.51. The summed E-state index contributed by atoms with van der Waals surface area (Å²) in [6.45, 7) is 11.6. The zero-order chi connectivity index (χ0) is 31.9. The van der Waals surface area contributed by atoms with Crippen LogP contribution in [0, 0.1) is 5.92 Å². The van der Waals surface area contributed by atoms with Crippen molar-refractivity contribution in [1.29, 1.82) is 0 Å². The van der Waals surface area contributed by atoms with Gasteiger partial charge in [-0.05, 0) is 70.2 Å². The molecule has 1 aromatic carbocycles. The van der Waals surface area contributed by atoms with Gasteiger partial charge in [0.15, 0.2) is 5.78 Å². The second kappa shape index (κ2) is 18.5. The van der Waals surface area contributed by atoms with Crippen molar-refractivity contribution in [3.8, 4) is 5.75 Å². The molecule has 4 nitrogen and oxygen atoms in total. The Morgan fingerprint density at radius 2 is 1.27 bits per heavy atom. The van der Waals surface area contributed by atoms with Gasteiger partial charge in [0.25, 0.3) is 0 Å². The number of Topliss-reactive ketones (excluding diaryl/α,β-unsaturated/α-hetero) is 1. The monoisotopic (exact) mass is 611 g/mol. The molecule has 4 heteroatoms. The van der Waals surface area contributed by atoms with E-state index in [1.54, 1.807) is 0 Å². The molecule has 4 rings (SSSR count). The molecule has 2 aliphatic heterocycles. The lowest BCUT2D eigenvalue weighted by Crippen LogP contribution is -2.60. The molecular formula is C40H68NO3+. The molecule has 2 heterocycles. The molecule has 2 unspecified atom stereocenters. The van der Waals surface area contributed by atoms with Crippen molar-refractivity contribution in [1.82, 2.24) is 0 Å². The molecule has 1 aliphatic carbocycles. The number of carbonyl (C=O) groups is 1. The van der Waals surface area contributed by atoms with Crippen molar-refractivity contribution in [2.45, 2.75) is 161 Å². The summed E-state index contributed by atoms with van der Waals surface area (Å²) in [5, 5.41) is 0. The molecule has 3 aliphatic rings. The number of hydrogen-bond acceptors (Lipinski definition) is 3. The number of quaternary nitrogens is 1. The summed E-state index contributed by atoms with van der Waals surface area (Å²) < 4.78 is 13.4. The number of unbranched alkanes of at least 4 members (excludes halogenated alkanes) is 15. The van der Waals surface area contributed by atoms with E-state index in [1.807, 2.05) is 19.1 Å². The number of carbonyl (C=O) groups excluding carboxylic acids is 1. The predicted octanol–water partition coefficient (Wildman–Crippen LogP) is 10.7. The van der Waals surface area contributed by atoms with Gasteiger partial charge in [0.05, 0.1) is 39.4 Å². The number of hydrogen-bond donors (Lipinski definition) is 0. The molecule has 0 radical (unpaired) electrons. The summed E-state index contributed by atoms with van der Waals surface area (Å²) in [5.41, 5.74) is 1.01. The van der Waals surface area contributed by atoms with Crippen molar-refractivity contribution < 1.29 is 18.8 Å². The van der Waals surface area contributed by atoms with E-state index in [0.29, 0.717) is 0 Å². The lowest BCUT2D eigenvalue weighted by molar-refractivity contribution is -0.890. The van der Waals surface area contributed by atoms with Crippen molar-refractivity contribution in [3.63, 3.8) is 0 Å². The van der Waals surface area contributed by atoms with Crippen molar-refractivity contribution >= 4 is 11.9 Å². The second-order valence-electron chi connectivity index (χ2n) is 15.4. The standard InChI is InChI=1S/C40H68NO3/c1-7-8-9-10-11-12-13-14-15-16-17-18-19-20-21-22-30-41(5,6)31-23-32-43-35-26-24-34(25-27-35)33-36-37-28-29-40(4,38(36)42)44-39(37,2)3/h24-27,33,37H,7-23,28-32H2,1-6H3/q+1/b36-33-. The van der Waals surface area contributed by atoms with E-state index in [2.05, 4.69) is 53.1 Å². The Balaban J connectivity index is 1.20. The molecule has 0 amide bonds. The quantitative estimate of drug-likeness (QED) is 0.0702. The maximum Gasteiger partial charge on any atom is 0.190 e. The van der Waals surface area contributed by atoms with Crippen molar-refractivity contribution in [2.75, 3.05) is 33.8 Å². The van der Waals surface area contributed by atoms with E-state index >= 15 is 0 Å². The van der Waals surface area contributed by atoms with E-state index in [4.69, 9.17) is 9.47 Å². The van der Waals surface area contributed by atoms with Gasteiger partial charge in [-0.2, -0.15) is 0 Å². The number of benzene rings is 1. The Hall–Kier alpha value is -1.65. The zero-order valence-electron chi connectivity index (χ0n) is 29.7. The summed E-state index contributed by atoms with van der Waals surface area (Å²) in [6, 6.07) is 8.23. The van der Waals surface area contributed by atoms with Crippen LogP contribution in [-0.4, -0.2) is 55.3 Å². The molecule has 1 saturated carbocycles. The van der Waals surface area contributed by atoms with E-state index < -0.39 is 5.60 Å². The highest BCUT2D eigenvalue weighted by atomic mass is 16.5. The third-order valence-corrected chi connectivity index (χ3v) is 10.4. The van der Waals surface area contributed by atoms with Gasteiger partial charge in [-0.1, -0.05) is 109 Å². The molecule has 0 N–H and O–H groups in total. The lowest BCUT2D eigenvalue weighted by atomic mass is 9.65. The normalized spacial score (nSPS) is 22.2. The SMILES string of the molecule is CCCCCCCCCCCCCCCCCC[N+](C)(C)CCCOc1ccc(/C=C2\C(=O)C3(C)CCC2C(C)(C)O3)cc1. The fraction of sp³-hybridized carbons (Fsp3) is 0.775. The third-order valence-electron chi connectivity index (χ3n) is 10.4. The number of nitrogens with zero attached hydrogens (tertiary/aromatic N) is 1. The summed E-state index contributed by atoms with van der Waals surface area (Å²) >= 11 is 0. The summed E-state index contributed by atoms with van der Waals surface area (Å²) in [6.07, 6.45) is 27.7. The zero-order valence-corrected chi connectivity index (χ0v) is 29.7. The number of rotatable bonds is 23. The minimum absolute atomic E-state index is 0.161. The minimum Gasteiger partial charge on any atom is -0.493 e. The van der Waals surface area contributed by atoms with Crippen molar-refractivity contribution in [2.24, 2.45) is 5.92 Å². The molecule has 2 bridgehead atoms. The first kappa shape index (κ1) is 36.8. The minimum atomic E-state index is -0.675. The van der Waals surface area contributed by atoms with Crippen molar-refractivity contribution in [3.05, 3.63) is 35.4 Å². The van der Waals surface area contributed by atoms with Crippen LogP contribution in [0.3, 0.4) is 0 Å². The molecular weight excluding hydrogens is 542 g/mol. The van der Waals surface area contributed by atoms with Gasteiger partial charge >= 0.3 is 0 Å².